The molecule has 1 aliphatic carbocycles. The summed E-state index contributed by atoms with van der Waals surface area (Å²) < 4.78 is 41.2. The SMILES string of the molecule is C=CCC[C@H](C(=O)N1CCC(C(=O)OC)CC1)S(=O)(=O)NC(=O)c1ccc2c(c1)N(C[C@@H]1CC[C@H]1[C@@H](O)/C=C/CCC)CCCCc1cc(Cl)ccc1CO2. The fraction of sp³-hybridized carbons (Fsp3) is 0.548. The molecule has 0 radical (unpaired) electrons. The second-order valence-electron chi connectivity index (χ2n) is 14.9. The van der Waals surface area contributed by atoms with Gasteiger partial charge in [0.15, 0.2) is 5.25 Å². The molecule has 0 spiro atoms. The predicted octanol–water partition coefficient (Wildman–Crippen LogP) is 6.61. The molecule has 2 heterocycles. The Hall–Kier alpha value is -3.87. The van der Waals surface area contributed by atoms with Crippen LogP contribution in [-0.4, -0.2) is 80.9 Å². The number of ether oxygens (including phenoxy) is 2. The number of aliphatic hydroxyl groups excluding tert-OH is 1. The number of carbonyl (C=O) groups is 3. The van der Waals surface area contributed by atoms with Crippen molar-refractivity contribution in [3.63, 3.8) is 0 Å². The third-order valence-corrected chi connectivity index (χ3v) is 13.1. The van der Waals surface area contributed by atoms with Crippen molar-refractivity contribution in [3.05, 3.63) is 82.9 Å². The van der Waals surface area contributed by atoms with Gasteiger partial charge in [-0.05, 0) is 118 Å². The van der Waals surface area contributed by atoms with Crippen LogP contribution < -0.4 is 14.4 Å². The van der Waals surface area contributed by atoms with Gasteiger partial charge in [0.1, 0.15) is 12.4 Å². The van der Waals surface area contributed by atoms with Crippen molar-refractivity contribution in [2.24, 2.45) is 17.8 Å². The number of aryl methyl sites for hydroxylation is 1. The highest BCUT2D eigenvalue weighted by Gasteiger charge is 2.39. The third kappa shape index (κ3) is 10.9. The van der Waals surface area contributed by atoms with Gasteiger partial charge in [-0.2, -0.15) is 0 Å². The van der Waals surface area contributed by atoms with Crippen LogP contribution in [0.5, 0.6) is 5.75 Å². The number of halogens is 1. The largest absolute Gasteiger partial charge is 0.487 e. The maximum absolute atomic E-state index is 13.9. The number of anilines is 1. The van der Waals surface area contributed by atoms with E-state index in [2.05, 4.69) is 23.1 Å². The summed E-state index contributed by atoms with van der Waals surface area (Å²) in [6.45, 7) is 7.79. The molecule has 1 saturated heterocycles. The molecule has 0 unspecified atom stereocenters. The van der Waals surface area contributed by atoms with Crippen LogP contribution in [0.3, 0.4) is 0 Å². The zero-order valence-corrected chi connectivity index (χ0v) is 33.7. The van der Waals surface area contributed by atoms with E-state index in [1.807, 2.05) is 30.4 Å². The average Bonchev–Trinajstić information content (AvgIpc) is 3.19. The Morgan fingerprint density at radius 1 is 1.05 bits per heavy atom. The van der Waals surface area contributed by atoms with Gasteiger partial charge in [-0.1, -0.05) is 49.2 Å². The number of allylic oxidation sites excluding steroid dienone is 2. The highest BCUT2D eigenvalue weighted by molar-refractivity contribution is 7.91. The molecule has 5 rings (SSSR count). The quantitative estimate of drug-likeness (QED) is 0.160. The first-order valence-corrected chi connectivity index (χ1v) is 21.5. The van der Waals surface area contributed by atoms with E-state index in [-0.39, 0.29) is 61.8 Å². The van der Waals surface area contributed by atoms with Crippen LogP contribution in [0.2, 0.25) is 5.02 Å². The average molecular weight is 798 g/mol. The summed E-state index contributed by atoms with van der Waals surface area (Å²) in [4.78, 5) is 43.2. The van der Waals surface area contributed by atoms with E-state index in [1.165, 1.54) is 24.2 Å². The molecule has 2 aromatic rings. The van der Waals surface area contributed by atoms with E-state index in [0.29, 0.717) is 42.4 Å². The molecule has 2 fully saturated rings. The van der Waals surface area contributed by atoms with Crippen molar-refractivity contribution >= 4 is 45.1 Å². The first-order valence-electron chi connectivity index (χ1n) is 19.6. The Balaban J connectivity index is 1.40. The third-order valence-electron chi connectivity index (χ3n) is 11.3. The Morgan fingerprint density at radius 2 is 1.84 bits per heavy atom. The van der Waals surface area contributed by atoms with Crippen molar-refractivity contribution < 1.29 is 37.4 Å². The van der Waals surface area contributed by atoms with Crippen molar-refractivity contribution in [1.82, 2.24) is 9.62 Å². The number of sulfonamides is 1. The fourth-order valence-electron chi connectivity index (χ4n) is 7.82. The normalized spacial score (nSPS) is 20.5. The second-order valence-corrected chi connectivity index (χ2v) is 17.2. The molecular weight excluding hydrogens is 742 g/mol. The van der Waals surface area contributed by atoms with E-state index >= 15 is 0 Å². The van der Waals surface area contributed by atoms with Crippen LogP contribution in [0.4, 0.5) is 5.69 Å². The highest BCUT2D eigenvalue weighted by Crippen LogP contribution is 2.41. The number of hydrogen-bond acceptors (Lipinski definition) is 9. The first kappa shape index (κ1) is 42.3. The number of aliphatic hydroxyl groups is 1. The maximum atomic E-state index is 13.9. The lowest BCUT2D eigenvalue weighted by atomic mass is 9.70. The Labute approximate surface area is 331 Å². The van der Waals surface area contributed by atoms with Crippen LogP contribution in [0.1, 0.15) is 92.6 Å². The summed E-state index contributed by atoms with van der Waals surface area (Å²) in [5, 5.41) is 10.2. The molecule has 2 aliphatic heterocycles. The van der Waals surface area contributed by atoms with Gasteiger partial charge in [-0.15, -0.1) is 6.58 Å². The number of carbonyl (C=O) groups excluding carboxylic acids is 3. The van der Waals surface area contributed by atoms with E-state index in [1.54, 1.807) is 12.1 Å². The summed E-state index contributed by atoms with van der Waals surface area (Å²) in [5.41, 5.74) is 2.91. The minimum Gasteiger partial charge on any atom is -0.487 e. The lowest BCUT2D eigenvalue weighted by Crippen LogP contribution is -2.51. The molecular formula is C42H56ClN3O8S. The number of rotatable bonds is 14. The van der Waals surface area contributed by atoms with Crippen LogP contribution >= 0.6 is 11.6 Å². The van der Waals surface area contributed by atoms with Gasteiger partial charge < -0.3 is 24.4 Å². The monoisotopic (exact) mass is 797 g/mol. The zero-order chi connectivity index (χ0) is 39.5. The van der Waals surface area contributed by atoms with Crippen LogP contribution in [0.15, 0.2) is 61.2 Å². The molecule has 3 aliphatic rings. The number of nitrogens with zero attached hydrogens (tertiary/aromatic N) is 2. The van der Waals surface area contributed by atoms with Crippen LogP contribution in [-0.2, 0) is 37.4 Å². The molecule has 1 saturated carbocycles. The number of nitrogens with one attached hydrogen (secondary N) is 1. The van der Waals surface area contributed by atoms with Gasteiger partial charge in [0.2, 0.25) is 15.9 Å². The molecule has 4 atom stereocenters. The number of methoxy groups -OCH3 is 1. The number of amides is 2. The van der Waals surface area contributed by atoms with Gasteiger partial charge >= 0.3 is 5.97 Å². The molecule has 2 N–H and O–H groups in total. The van der Waals surface area contributed by atoms with Crippen molar-refractivity contribution in [1.29, 1.82) is 0 Å². The minimum absolute atomic E-state index is 0.0532. The van der Waals surface area contributed by atoms with Gasteiger partial charge in [0, 0.05) is 36.8 Å². The smallest absolute Gasteiger partial charge is 0.308 e. The van der Waals surface area contributed by atoms with Gasteiger partial charge in [0.25, 0.3) is 5.91 Å². The van der Waals surface area contributed by atoms with Crippen LogP contribution in [0, 0.1) is 17.8 Å². The van der Waals surface area contributed by atoms with E-state index in [4.69, 9.17) is 21.1 Å². The zero-order valence-electron chi connectivity index (χ0n) is 32.1. The summed E-state index contributed by atoms with van der Waals surface area (Å²) in [6.07, 6.45) is 12.2. The van der Waals surface area contributed by atoms with Crippen molar-refractivity contribution in [2.75, 3.05) is 38.2 Å². The molecule has 55 heavy (non-hydrogen) atoms. The number of likely N-dealkylation sites (tertiary alicyclic amines) is 1. The summed E-state index contributed by atoms with van der Waals surface area (Å²) >= 11 is 6.36. The highest BCUT2D eigenvalue weighted by atomic mass is 35.5. The number of unbranched alkanes of at least 4 members (excludes halogenated alkanes) is 1. The minimum atomic E-state index is -4.49. The van der Waals surface area contributed by atoms with Gasteiger partial charge in [-0.25, -0.2) is 13.1 Å². The lowest BCUT2D eigenvalue weighted by Gasteiger charge is -2.42. The standard InChI is InChI=1S/C42H56ClN3O8S/c1-4-6-8-12-37(47)35-18-15-32(35)27-46-22-10-9-11-30-25-34(43)17-14-33(30)28-54-38-19-16-31(26-36(38)46)40(48)44-55(51,52)39(13-7-5-2)41(49)45-23-20-29(21-24-45)42(50)53-3/h5,8,12,14,16-17,19,25-26,29,32,35,37,39,47H,2,4,6-7,9-11,13,15,18,20-24,27-28H2,1,3H3,(H,44,48)/b12-8+/t32-,35+,37-,39+/m0/s1. The van der Waals surface area contributed by atoms with Gasteiger partial charge in [0.05, 0.1) is 24.8 Å². The predicted molar refractivity (Wildman–Crippen MR) is 215 cm³/mol. The molecule has 0 aromatic heterocycles. The molecule has 2 amide bonds. The molecule has 300 valence electrons. The van der Waals surface area contributed by atoms with Gasteiger partial charge in [-0.3, -0.25) is 14.4 Å². The molecule has 2 aromatic carbocycles. The number of piperidine rings is 1. The fourth-order valence-corrected chi connectivity index (χ4v) is 9.40. The summed E-state index contributed by atoms with van der Waals surface area (Å²) in [5.74, 6) is -1.30. The number of fused-ring (bicyclic) bond motifs is 2. The van der Waals surface area contributed by atoms with Crippen molar-refractivity contribution in [3.8, 4) is 5.75 Å². The number of benzene rings is 2. The number of esters is 1. The topological polar surface area (TPSA) is 143 Å². The van der Waals surface area contributed by atoms with Crippen molar-refractivity contribution in [2.45, 2.75) is 95.5 Å². The van der Waals surface area contributed by atoms with E-state index in [9.17, 15) is 27.9 Å². The molecule has 0 bridgehead atoms. The molecule has 13 heteroatoms. The molecule has 11 nitrogen and oxygen atoms in total. The second kappa shape index (κ2) is 19.8. The maximum Gasteiger partial charge on any atom is 0.308 e. The Kier molecular flexibility index (Phi) is 15.2. The first-order chi connectivity index (χ1) is 26.4. The Morgan fingerprint density at radius 3 is 2.53 bits per heavy atom. The van der Waals surface area contributed by atoms with E-state index < -0.39 is 33.2 Å². The summed E-state index contributed by atoms with van der Waals surface area (Å²) in [6, 6.07) is 10.7. The van der Waals surface area contributed by atoms with Crippen LogP contribution in [0.25, 0.3) is 0 Å². The van der Waals surface area contributed by atoms with E-state index in [0.717, 1.165) is 56.1 Å². The summed E-state index contributed by atoms with van der Waals surface area (Å²) in [7, 11) is -3.17. The Bertz CT molecular complexity index is 1810. The number of hydrogen-bond donors (Lipinski definition) is 2. The lowest BCUT2D eigenvalue weighted by molar-refractivity contribution is -0.148.